The number of imidazole rings is 1. The van der Waals surface area contributed by atoms with Gasteiger partial charge in [-0.1, -0.05) is 55.3 Å². The van der Waals surface area contributed by atoms with Crippen molar-refractivity contribution in [1.82, 2.24) is 14.5 Å². The highest BCUT2D eigenvalue weighted by Gasteiger charge is 2.22. The van der Waals surface area contributed by atoms with Crippen LogP contribution >= 0.6 is 11.6 Å². The summed E-state index contributed by atoms with van der Waals surface area (Å²) >= 11 is 6.46. The number of benzene rings is 1. The van der Waals surface area contributed by atoms with Gasteiger partial charge in [-0.3, -0.25) is 4.57 Å². The number of fused-ring (bicyclic) bond motifs is 1. The van der Waals surface area contributed by atoms with Gasteiger partial charge >= 0.3 is 0 Å². The molecule has 2 aromatic heterocycles. The first-order valence-electron chi connectivity index (χ1n) is 7.89. The normalized spacial score (nSPS) is 11.5. The van der Waals surface area contributed by atoms with Crippen LogP contribution in [-0.4, -0.2) is 19.6 Å². The second-order valence-electron chi connectivity index (χ2n) is 5.77. The molecule has 0 aliphatic rings. The third-order valence-electron chi connectivity index (χ3n) is 4.30. The Morgan fingerprint density at radius 2 is 1.83 bits per heavy atom. The first-order chi connectivity index (χ1) is 11.1. The molecule has 0 bridgehead atoms. The molecule has 0 spiro atoms. The van der Waals surface area contributed by atoms with E-state index in [-0.39, 0.29) is 12.1 Å². The van der Waals surface area contributed by atoms with Gasteiger partial charge in [0.25, 0.3) is 6.01 Å². The smallest absolute Gasteiger partial charge is 0.296 e. The summed E-state index contributed by atoms with van der Waals surface area (Å²) in [6.45, 7) is 6.25. The molecule has 0 fully saturated rings. The van der Waals surface area contributed by atoms with Gasteiger partial charge in [0.1, 0.15) is 5.52 Å². The zero-order valence-electron chi connectivity index (χ0n) is 13.5. The lowest BCUT2D eigenvalue weighted by Crippen LogP contribution is -2.07. The van der Waals surface area contributed by atoms with Gasteiger partial charge in [0.2, 0.25) is 0 Å². The molecule has 1 N–H and O–H groups in total. The lowest BCUT2D eigenvalue weighted by atomic mass is 10.0. The average Bonchev–Trinajstić information content (AvgIpc) is 2.87. The lowest BCUT2D eigenvalue weighted by molar-refractivity contribution is 0.362. The number of aromatic hydroxyl groups is 1. The summed E-state index contributed by atoms with van der Waals surface area (Å²) in [5.41, 5.74) is 4.38. The van der Waals surface area contributed by atoms with Crippen molar-refractivity contribution in [2.24, 2.45) is 0 Å². The number of hydrogen-bond acceptors (Lipinski definition) is 3. The number of pyridine rings is 1. The van der Waals surface area contributed by atoms with Crippen molar-refractivity contribution in [3.63, 3.8) is 0 Å². The summed E-state index contributed by atoms with van der Waals surface area (Å²) in [5, 5.41) is 10.9. The van der Waals surface area contributed by atoms with Gasteiger partial charge in [-0.05, 0) is 25.3 Å². The van der Waals surface area contributed by atoms with Crippen LogP contribution in [-0.2, 0) is 0 Å². The molecule has 0 atom stereocenters. The zero-order chi connectivity index (χ0) is 16.6. The van der Waals surface area contributed by atoms with Crippen LogP contribution in [0.25, 0.3) is 22.3 Å². The van der Waals surface area contributed by atoms with Gasteiger partial charge < -0.3 is 5.11 Å². The summed E-state index contributed by atoms with van der Waals surface area (Å²) in [4.78, 5) is 8.52. The van der Waals surface area contributed by atoms with E-state index in [9.17, 15) is 5.11 Å². The van der Waals surface area contributed by atoms with E-state index in [1.165, 1.54) is 5.56 Å². The second-order valence-corrected chi connectivity index (χ2v) is 6.18. The molecule has 0 amide bonds. The van der Waals surface area contributed by atoms with Crippen LogP contribution in [0.1, 0.15) is 38.3 Å². The molecule has 1 aromatic carbocycles. The van der Waals surface area contributed by atoms with Gasteiger partial charge in [0, 0.05) is 17.8 Å². The number of halogens is 1. The van der Waals surface area contributed by atoms with Gasteiger partial charge in [-0.25, -0.2) is 4.98 Å². The quantitative estimate of drug-likeness (QED) is 0.722. The summed E-state index contributed by atoms with van der Waals surface area (Å²) in [6.07, 6.45) is 3.40. The molecule has 2 heterocycles. The van der Waals surface area contributed by atoms with E-state index in [2.05, 4.69) is 35.9 Å². The molecule has 120 valence electrons. The number of nitrogens with zero attached hydrogens (tertiary/aromatic N) is 3. The fourth-order valence-corrected chi connectivity index (χ4v) is 3.27. The molecular weight excluding hydrogens is 310 g/mol. The van der Waals surface area contributed by atoms with E-state index in [0.29, 0.717) is 10.7 Å². The van der Waals surface area contributed by atoms with Crippen LogP contribution in [0.15, 0.2) is 30.5 Å². The van der Waals surface area contributed by atoms with Crippen molar-refractivity contribution < 1.29 is 5.11 Å². The Kier molecular flexibility index (Phi) is 4.26. The molecule has 23 heavy (non-hydrogen) atoms. The lowest BCUT2D eigenvalue weighted by Gasteiger charge is -2.18. The fraction of sp³-hybridized carbons (Fsp3) is 0.333. The number of aromatic nitrogens is 3. The Morgan fingerprint density at radius 1 is 1.17 bits per heavy atom. The number of rotatable bonds is 4. The van der Waals surface area contributed by atoms with E-state index < -0.39 is 0 Å². The third kappa shape index (κ3) is 2.68. The molecule has 0 aliphatic carbocycles. The maximum absolute atomic E-state index is 10.3. The summed E-state index contributed by atoms with van der Waals surface area (Å²) in [7, 11) is 0. The van der Waals surface area contributed by atoms with Crippen LogP contribution < -0.4 is 0 Å². The maximum Gasteiger partial charge on any atom is 0.296 e. The predicted octanol–water partition coefficient (Wildman–Crippen LogP) is 5.13. The Labute approximate surface area is 140 Å². The van der Waals surface area contributed by atoms with Gasteiger partial charge in [0.15, 0.2) is 5.65 Å². The summed E-state index contributed by atoms with van der Waals surface area (Å²) in [5.74, 6) is 0. The molecule has 5 heteroatoms. The Bertz CT molecular complexity index is 836. The van der Waals surface area contributed by atoms with Crippen molar-refractivity contribution in [3.05, 3.63) is 41.0 Å². The molecule has 0 aliphatic heterocycles. The predicted molar refractivity (Wildman–Crippen MR) is 94.0 cm³/mol. The van der Waals surface area contributed by atoms with Gasteiger partial charge in [-0.2, -0.15) is 4.98 Å². The van der Waals surface area contributed by atoms with E-state index in [0.717, 1.165) is 29.5 Å². The van der Waals surface area contributed by atoms with Crippen molar-refractivity contribution >= 4 is 22.8 Å². The molecule has 3 aromatic rings. The molecule has 4 nitrogen and oxygen atoms in total. The summed E-state index contributed by atoms with van der Waals surface area (Å²) < 4.78 is 1.86. The van der Waals surface area contributed by atoms with Crippen LogP contribution in [0.4, 0.5) is 0 Å². The number of hydrogen-bond donors (Lipinski definition) is 1. The Morgan fingerprint density at radius 3 is 2.43 bits per heavy atom. The van der Waals surface area contributed by atoms with Crippen molar-refractivity contribution in [1.29, 1.82) is 0 Å². The highest BCUT2D eigenvalue weighted by Crippen LogP contribution is 2.38. The summed E-state index contributed by atoms with van der Waals surface area (Å²) in [6, 6.07) is 8.33. The molecule has 3 rings (SSSR count). The van der Waals surface area contributed by atoms with E-state index in [1.54, 1.807) is 6.20 Å². The Hall–Kier alpha value is -2.07. The topological polar surface area (TPSA) is 50.9 Å². The molecule has 0 unspecified atom stereocenters. The molecular formula is C18H20ClN3O. The minimum Gasteiger partial charge on any atom is -0.480 e. The van der Waals surface area contributed by atoms with Crippen molar-refractivity contribution in [3.8, 4) is 17.1 Å². The van der Waals surface area contributed by atoms with Crippen LogP contribution in [0.3, 0.4) is 0 Å². The second kappa shape index (κ2) is 6.20. The molecule has 0 saturated heterocycles. The van der Waals surface area contributed by atoms with Crippen molar-refractivity contribution in [2.75, 3.05) is 0 Å². The molecule has 0 radical (unpaired) electrons. The highest BCUT2D eigenvalue weighted by molar-refractivity contribution is 6.34. The third-order valence-corrected chi connectivity index (χ3v) is 4.58. The highest BCUT2D eigenvalue weighted by atomic mass is 35.5. The minimum absolute atomic E-state index is 0.00294. The van der Waals surface area contributed by atoms with Crippen LogP contribution in [0.2, 0.25) is 5.02 Å². The van der Waals surface area contributed by atoms with E-state index in [4.69, 9.17) is 11.6 Å². The van der Waals surface area contributed by atoms with Gasteiger partial charge in [-0.15, -0.1) is 0 Å². The largest absolute Gasteiger partial charge is 0.480 e. The van der Waals surface area contributed by atoms with E-state index in [1.807, 2.05) is 23.6 Å². The van der Waals surface area contributed by atoms with E-state index >= 15 is 0 Å². The standard InChI is InChI=1S/C18H20ClN3O/c1-4-13(5-2)22-16-15(12-8-6-11(3)7-9-12)14(19)10-20-17(16)21-18(22)23/h6-10,13H,4-5H2,1-3H3,(H,20,21,23). The van der Waals surface area contributed by atoms with Crippen LogP contribution in [0.5, 0.6) is 6.01 Å². The maximum atomic E-state index is 10.3. The monoisotopic (exact) mass is 329 g/mol. The SMILES string of the molecule is CCC(CC)n1c(O)nc2ncc(Cl)c(-c3ccc(C)cc3)c21. The Balaban J connectivity index is 2.36. The zero-order valence-corrected chi connectivity index (χ0v) is 14.3. The van der Waals surface area contributed by atoms with Gasteiger partial charge in [0.05, 0.1) is 5.02 Å². The fourth-order valence-electron chi connectivity index (χ4n) is 3.02. The number of aryl methyl sites for hydroxylation is 1. The minimum atomic E-state index is -0.00294. The average molecular weight is 330 g/mol. The van der Waals surface area contributed by atoms with Crippen molar-refractivity contribution in [2.45, 2.75) is 39.7 Å². The first kappa shape index (κ1) is 15.8. The van der Waals surface area contributed by atoms with Crippen LogP contribution in [0, 0.1) is 6.92 Å². The first-order valence-corrected chi connectivity index (χ1v) is 8.27. The molecule has 0 saturated carbocycles.